The van der Waals surface area contributed by atoms with Gasteiger partial charge in [-0.15, -0.1) is 0 Å². The fourth-order valence-corrected chi connectivity index (χ4v) is 4.13. The van der Waals surface area contributed by atoms with E-state index in [2.05, 4.69) is 37.2 Å². The lowest BCUT2D eigenvalue weighted by Gasteiger charge is -2.19. The van der Waals surface area contributed by atoms with Crippen molar-refractivity contribution in [2.45, 2.75) is 11.2 Å². The number of halogens is 3. The third-order valence-electron chi connectivity index (χ3n) is 3.60. The lowest BCUT2D eigenvalue weighted by molar-refractivity contribution is 0.0946. The Morgan fingerprint density at radius 2 is 2.05 bits per heavy atom. The summed E-state index contributed by atoms with van der Waals surface area (Å²) >= 11 is 6.92. The molecule has 2 aromatic rings. The van der Waals surface area contributed by atoms with Crippen LogP contribution >= 0.6 is 31.9 Å². The van der Waals surface area contributed by atoms with Gasteiger partial charge >= 0.3 is 0 Å². The second-order valence-corrected chi connectivity index (χ2v) is 6.69. The number of nitrogens with one attached hydrogen (secondary N) is 1. The van der Waals surface area contributed by atoms with Gasteiger partial charge in [-0.05, 0) is 35.7 Å². The van der Waals surface area contributed by atoms with Crippen LogP contribution in [0.2, 0.25) is 0 Å². The second-order valence-electron chi connectivity index (χ2n) is 4.92. The van der Waals surface area contributed by atoms with Gasteiger partial charge in [0.15, 0.2) is 0 Å². The Balaban J connectivity index is 2.05. The Kier molecular flexibility index (Phi) is 4.13. The van der Waals surface area contributed by atoms with Crippen molar-refractivity contribution in [2.24, 2.45) is 0 Å². The topological polar surface area (TPSA) is 29.1 Å². The summed E-state index contributed by atoms with van der Waals surface area (Å²) in [7, 11) is 0. The van der Waals surface area contributed by atoms with E-state index in [4.69, 9.17) is 0 Å². The van der Waals surface area contributed by atoms with E-state index < -0.39 is 0 Å². The molecule has 0 saturated heterocycles. The van der Waals surface area contributed by atoms with E-state index in [1.54, 1.807) is 12.1 Å². The molecule has 1 unspecified atom stereocenters. The van der Waals surface area contributed by atoms with Gasteiger partial charge in [-0.3, -0.25) is 4.79 Å². The zero-order valence-corrected chi connectivity index (χ0v) is 14.2. The summed E-state index contributed by atoms with van der Waals surface area (Å²) in [6.45, 7) is 0.668. The quantitative estimate of drug-likeness (QED) is 0.729. The molecule has 0 spiro atoms. The molecule has 0 radical (unpaired) electrons. The fraction of sp³-hybridized carbons (Fsp3) is 0.188. The van der Waals surface area contributed by atoms with Crippen LogP contribution < -0.4 is 5.32 Å². The minimum absolute atomic E-state index is 0.0644. The SMILES string of the molecule is O=C1NCCc2ccc(C(Br)c3c(F)cccc3Br)cc21. The molecule has 0 aromatic heterocycles. The highest BCUT2D eigenvalue weighted by molar-refractivity contribution is 9.11. The molecule has 0 fully saturated rings. The third-order valence-corrected chi connectivity index (χ3v) is 5.28. The highest BCUT2D eigenvalue weighted by Gasteiger charge is 2.22. The van der Waals surface area contributed by atoms with Crippen molar-refractivity contribution in [3.63, 3.8) is 0 Å². The fourth-order valence-electron chi connectivity index (χ4n) is 2.51. The lowest BCUT2D eigenvalue weighted by atomic mass is 9.95. The van der Waals surface area contributed by atoms with Crippen molar-refractivity contribution < 1.29 is 9.18 Å². The van der Waals surface area contributed by atoms with Crippen LogP contribution in [0.3, 0.4) is 0 Å². The molecular formula is C16H12Br2FNO. The Morgan fingerprint density at radius 1 is 1.24 bits per heavy atom. The Bertz CT molecular complexity index is 697. The molecule has 1 atom stereocenters. The zero-order chi connectivity index (χ0) is 15.0. The van der Waals surface area contributed by atoms with E-state index in [-0.39, 0.29) is 16.6 Å². The van der Waals surface area contributed by atoms with Crippen LogP contribution in [0.1, 0.15) is 31.9 Å². The summed E-state index contributed by atoms with van der Waals surface area (Å²) < 4.78 is 14.8. The minimum Gasteiger partial charge on any atom is -0.352 e. The van der Waals surface area contributed by atoms with E-state index in [0.717, 1.165) is 17.5 Å². The number of amides is 1. The highest BCUT2D eigenvalue weighted by Crippen LogP contribution is 2.37. The first-order valence-corrected chi connectivity index (χ1v) is 8.28. The van der Waals surface area contributed by atoms with Gasteiger partial charge in [0, 0.05) is 22.1 Å². The molecule has 1 aliphatic heterocycles. The Hall–Kier alpha value is -1.20. The maximum atomic E-state index is 14.1. The number of hydrogen-bond acceptors (Lipinski definition) is 1. The van der Waals surface area contributed by atoms with E-state index in [0.29, 0.717) is 22.1 Å². The van der Waals surface area contributed by atoms with Crippen molar-refractivity contribution in [3.05, 3.63) is 68.9 Å². The average Bonchev–Trinajstić information content (AvgIpc) is 2.47. The maximum Gasteiger partial charge on any atom is 0.251 e. The molecule has 0 aliphatic carbocycles. The van der Waals surface area contributed by atoms with Crippen LogP contribution in [0.4, 0.5) is 4.39 Å². The first kappa shape index (κ1) is 14.7. The molecule has 3 rings (SSSR count). The average molecular weight is 413 g/mol. The Morgan fingerprint density at radius 3 is 2.81 bits per heavy atom. The molecule has 5 heteroatoms. The van der Waals surface area contributed by atoms with Crippen molar-refractivity contribution in [1.82, 2.24) is 5.32 Å². The van der Waals surface area contributed by atoms with E-state index >= 15 is 0 Å². The van der Waals surface area contributed by atoms with Crippen molar-refractivity contribution >= 4 is 37.8 Å². The number of carbonyl (C=O) groups excluding carboxylic acids is 1. The molecule has 0 saturated carbocycles. The zero-order valence-electron chi connectivity index (χ0n) is 11.0. The van der Waals surface area contributed by atoms with Crippen LogP contribution in [0.5, 0.6) is 0 Å². The summed E-state index contributed by atoms with van der Waals surface area (Å²) in [6, 6.07) is 10.6. The smallest absolute Gasteiger partial charge is 0.251 e. The summed E-state index contributed by atoms with van der Waals surface area (Å²) in [5.41, 5.74) is 3.11. The predicted octanol–water partition coefficient (Wildman–Crippen LogP) is 4.36. The van der Waals surface area contributed by atoms with E-state index in [1.165, 1.54) is 6.07 Å². The molecule has 2 nitrogen and oxygen atoms in total. The third kappa shape index (κ3) is 2.77. The van der Waals surface area contributed by atoms with Crippen LogP contribution in [-0.2, 0) is 6.42 Å². The first-order chi connectivity index (χ1) is 10.1. The van der Waals surface area contributed by atoms with Gasteiger partial charge < -0.3 is 5.32 Å². The van der Waals surface area contributed by atoms with Crippen LogP contribution in [-0.4, -0.2) is 12.5 Å². The van der Waals surface area contributed by atoms with Crippen LogP contribution in [0, 0.1) is 5.82 Å². The molecule has 1 heterocycles. The molecule has 2 aromatic carbocycles. The molecule has 1 aliphatic rings. The predicted molar refractivity (Wildman–Crippen MR) is 87.3 cm³/mol. The van der Waals surface area contributed by atoms with Gasteiger partial charge in [0.2, 0.25) is 0 Å². The van der Waals surface area contributed by atoms with Crippen LogP contribution in [0.25, 0.3) is 0 Å². The van der Waals surface area contributed by atoms with Gasteiger partial charge in [0.05, 0.1) is 4.83 Å². The number of carbonyl (C=O) groups is 1. The largest absolute Gasteiger partial charge is 0.352 e. The van der Waals surface area contributed by atoms with E-state index in [1.807, 2.05) is 18.2 Å². The number of alkyl halides is 1. The van der Waals surface area contributed by atoms with Crippen molar-refractivity contribution in [2.75, 3.05) is 6.54 Å². The standard InChI is InChI=1S/C16H12Br2FNO/c17-12-2-1-3-13(19)14(12)15(18)10-5-4-9-6-7-20-16(21)11(9)8-10/h1-5,8,15H,6-7H2,(H,20,21). The second kappa shape index (κ2) is 5.89. The first-order valence-electron chi connectivity index (χ1n) is 6.57. The van der Waals surface area contributed by atoms with Crippen molar-refractivity contribution in [3.8, 4) is 0 Å². The number of rotatable bonds is 2. The minimum atomic E-state index is -0.312. The Labute approximate surface area is 139 Å². The monoisotopic (exact) mass is 411 g/mol. The summed E-state index contributed by atoms with van der Waals surface area (Å²) in [4.78, 5) is 11.6. The van der Waals surface area contributed by atoms with Gasteiger partial charge in [0.1, 0.15) is 5.82 Å². The number of hydrogen-bond donors (Lipinski definition) is 1. The summed E-state index contributed by atoms with van der Waals surface area (Å²) in [6.07, 6.45) is 0.831. The molecule has 21 heavy (non-hydrogen) atoms. The summed E-state index contributed by atoms with van der Waals surface area (Å²) in [5, 5.41) is 2.83. The van der Waals surface area contributed by atoms with Gasteiger partial charge in [0.25, 0.3) is 5.91 Å². The molecule has 0 bridgehead atoms. The van der Waals surface area contributed by atoms with Gasteiger partial charge in [-0.25, -0.2) is 4.39 Å². The maximum absolute atomic E-state index is 14.1. The summed E-state index contributed by atoms with van der Waals surface area (Å²) in [5.74, 6) is -0.348. The van der Waals surface area contributed by atoms with Gasteiger partial charge in [-0.2, -0.15) is 0 Å². The number of fused-ring (bicyclic) bond motifs is 1. The molecule has 1 N–H and O–H groups in total. The van der Waals surface area contributed by atoms with E-state index in [9.17, 15) is 9.18 Å². The van der Waals surface area contributed by atoms with Crippen LogP contribution in [0.15, 0.2) is 40.9 Å². The van der Waals surface area contributed by atoms with Gasteiger partial charge in [-0.1, -0.05) is 50.1 Å². The molecule has 108 valence electrons. The lowest BCUT2D eigenvalue weighted by Crippen LogP contribution is -2.31. The molecular weight excluding hydrogens is 401 g/mol. The number of benzene rings is 2. The molecule has 1 amide bonds. The normalized spacial score (nSPS) is 15.3. The highest BCUT2D eigenvalue weighted by atomic mass is 79.9. The van der Waals surface area contributed by atoms with Crippen molar-refractivity contribution in [1.29, 1.82) is 0 Å².